The summed E-state index contributed by atoms with van der Waals surface area (Å²) in [4.78, 5) is 0. The number of rotatable bonds is 0. The molecule has 0 saturated carbocycles. The molecule has 1 heteroatoms. The van der Waals surface area contributed by atoms with Gasteiger partial charge in [-0.3, -0.25) is 0 Å². The first-order valence-corrected chi connectivity index (χ1v) is 6.30. The molecule has 84 valence electrons. The molecule has 0 N–H and O–H groups in total. The summed E-state index contributed by atoms with van der Waals surface area (Å²) in [5.74, 6) is 0. The van der Waals surface area contributed by atoms with Crippen molar-refractivity contribution in [3.63, 3.8) is 0 Å². The Kier molecular flexibility index (Phi) is 4.34. The zero-order valence-electron chi connectivity index (χ0n) is 9.38. The molecule has 17 heavy (non-hydrogen) atoms. The summed E-state index contributed by atoms with van der Waals surface area (Å²) in [6, 6.07) is 26.5. The molecule has 0 spiro atoms. The second kappa shape index (κ2) is 6.21. The van der Waals surface area contributed by atoms with E-state index in [9.17, 15) is 0 Å². The van der Waals surface area contributed by atoms with E-state index in [1.165, 1.54) is 10.8 Å². The fraction of sp³-hybridized carbons (Fsp3) is 0. The summed E-state index contributed by atoms with van der Waals surface area (Å²) in [5.41, 5.74) is 0. The Hall–Kier alpha value is -1.60. The van der Waals surface area contributed by atoms with Crippen LogP contribution in [-0.2, 0) is 0 Å². The van der Waals surface area contributed by atoms with Crippen molar-refractivity contribution in [1.29, 1.82) is 0 Å². The lowest BCUT2D eigenvalue weighted by Crippen LogP contribution is -1.71. The van der Waals surface area contributed by atoms with Crippen LogP contribution in [0.15, 0.2) is 83.3 Å². The maximum atomic E-state index is 3.50. The zero-order valence-corrected chi connectivity index (χ0v) is 11.0. The molecule has 0 aliphatic heterocycles. The van der Waals surface area contributed by atoms with Crippen molar-refractivity contribution in [1.82, 2.24) is 0 Å². The number of halogens is 1. The lowest BCUT2D eigenvalue weighted by molar-refractivity contribution is 1.71. The molecule has 0 aliphatic rings. The third kappa shape index (κ3) is 3.43. The van der Waals surface area contributed by atoms with Crippen LogP contribution in [0.2, 0.25) is 0 Å². The van der Waals surface area contributed by atoms with Crippen molar-refractivity contribution in [3.8, 4) is 0 Å². The van der Waals surface area contributed by atoms with Gasteiger partial charge < -0.3 is 0 Å². The molecule has 3 aromatic rings. The Bertz CT molecular complexity index is 541. The van der Waals surface area contributed by atoms with E-state index in [0.29, 0.717) is 0 Å². The molecule has 0 fully saturated rings. The van der Waals surface area contributed by atoms with E-state index >= 15 is 0 Å². The number of hydrogen-bond donors (Lipinski definition) is 0. The standard InChI is InChI=1S/C10H7Br.C6H6/c11-10-7-3-5-8-4-1-2-6-9(8)10;1-2-4-6-5-3-1/h1-7H;1-6H. The highest BCUT2D eigenvalue weighted by molar-refractivity contribution is 9.10. The number of benzene rings is 3. The summed E-state index contributed by atoms with van der Waals surface area (Å²) in [6.45, 7) is 0. The Balaban J connectivity index is 0.000000153. The van der Waals surface area contributed by atoms with Gasteiger partial charge in [-0.2, -0.15) is 0 Å². The van der Waals surface area contributed by atoms with E-state index in [1.807, 2.05) is 48.5 Å². The molecule has 0 nitrogen and oxygen atoms in total. The van der Waals surface area contributed by atoms with Gasteiger partial charge in [0.05, 0.1) is 0 Å². The smallest absolute Gasteiger partial charge is 0.0253 e. The molecule has 0 aliphatic carbocycles. The normalized spacial score (nSPS) is 9.47. The molecule has 0 unspecified atom stereocenters. The maximum Gasteiger partial charge on any atom is 0.0253 e. The van der Waals surface area contributed by atoms with Gasteiger partial charge in [-0.05, 0) is 16.8 Å². The number of hydrogen-bond acceptors (Lipinski definition) is 0. The first kappa shape index (κ1) is 11.9. The van der Waals surface area contributed by atoms with Crippen LogP contribution in [0, 0.1) is 0 Å². The van der Waals surface area contributed by atoms with Gasteiger partial charge in [-0.25, -0.2) is 0 Å². The van der Waals surface area contributed by atoms with Crippen molar-refractivity contribution in [3.05, 3.63) is 83.3 Å². The predicted octanol–water partition coefficient (Wildman–Crippen LogP) is 5.29. The first-order chi connectivity index (χ1) is 8.38. The summed E-state index contributed by atoms with van der Waals surface area (Å²) in [7, 11) is 0. The van der Waals surface area contributed by atoms with Crippen LogP contribution >= 0.6 is 15.9 Å². The third-order valence-electron chi connectivity index (χ3n) is 2.40. The topological polar surface area (TPSA) is 0 Å². The summed E-state index contributed by atoms with van der Waals surface area (Å²) in [6.07, 6.45) is 0. The zero-order chi connectivity index (χ0) is 11.9. The highest BCUT2D eigenvalue weighted by Gasteiger charge is 1.93. The third-order valence-corrected chi connectivity index (χ3v) is 3.09. The fourth-order valence-corrected chi connectivity index (χ4v) is 2.08. The quantitative estimate of drug-likeness (QED) is 0.526. The van der Waals surface area contributed by atoms with Gasteiger partial charge >= 0.3 is 0 Å². The second-order valence-corrected chi connectivity index (χ2v) is 4.47. The lowest BCUT2D eigenvalue weighted by Gasteiger charge is -1.97. The minimum Gasteiger partial charge on any atom is -0.0623 e. The molecule has 0 saturated heterocycles. The van der Waals surface area contributed by atoms with E-state index in [4.69, 9.17) is 0 Å². The van der Waals surface area contributed by atoms with E-state index in [1.54, 1.807) is 0 Å². The summed E-state index contributed by atoms with van der Waals surface area (Å²) in [5, 5.41) is 2.55. The Labute approximate surface area is 110 Å². The molecule has 0 heterocycles. The molecule has 0 aromatic heterocycles. The minimum atomic E-state index is 1.16. The van der Waals surface area contributed by atoms with Gasteiger partial charge in [0.1, 0.15) is 0 Å². The second-order valence-electron chi connectivity index (χ2n) is 3.62. The Morgan fingerprint density at radius 3 is 1.65 bits per heavy atom. The lowest BCUT2D eigenvalue weighted by atomic mass is 10.1. The molecule has 3 aromatic carbocycles. The highest BCUT2D eigenvalue weighted by Crippen LogP contribution is 2.22. The molecule has 0 amide bonds. The molecule has 3 rings (SSSR count). The van der Waals surface area contributed by atoms with Gasteiger partial charge in [-0.1, -0.05) is 88.7 Å². The molecular weight excluding hydrogens is 272 g/mol. The van der Waals surface area contributed by atoms with Crippen molar-refractivity contribution in [2.45, 2.75) is 0 Å². The first-order valence-electron chi connectivity index (χ1n) is 5.51. The van der Waals surface area contributed by atoms with Crippen molar-refractivity contribution < 1.29 is 0 Å². The van der Waals surface area contributed by atoms with E-state index < -0.39 is 0 Å². The van der Waals surface area contributed by atoms with Crippen molar-refractivity contribution in [2.75, 3.05) is 0 Å². The fourth-order valence-electron chi connectivity index (χ4n) is 1.57. The molecule has 0 bridgehead atoms. The van der Waals surface area contributed by atoms with Crippen LogP contribution in [0.3, 0.4) is 0 Å². The van der Waals surface area contributed by atoms with Gasteiger partial charge in [0.25, 0.3) is 0 Å². The Morgan fingerprint density at radius 1 is 0.529 bits per heavy atom. The van der Waals surface area contributed by atoms with Gasteiger partial charge in [0.2, 0.25) is 0 Å². The summed E-state index contributed by atoms with van der Waals surface area (Å²) < 4.78 is 1.16. The van der Waals surface area contributed by atoms with E-state index in [2.05, 4.69) is 46.3 Å². The van der Waals surface area contributed by atoms with Gasteiger partial charge in [0, 0.05) is 4.47 Å². The van der Waals surface area contributed by atoms with Crippen LogP contribution < -0.4 is 0 Å². The number of fused-ring (bicyclic) bond motifs is 1. The summed E-state index contributed by atoms with van der Waals surface area (Å²) >= 11 is 3.50. The highest BCUT2D eigenvalue weighted by atomic mass is 79.9. The van der Waals surface area contributed by atoms with Crippen LogP contribution in [0.5, 0.6) is 0 Å². The van der Waals surface area contributed by atoms with Gasteiger partial charge in [0.15, 0.2) is 0 Å². The van der Waals surface area contributed by atoms with E-state index in [-0.39, 0.29) is 0 Å². The van der Waals surface area contributed by atoms with Crippen LogP contribution in [0.1, 0.15) is 0 Å². The Morgan fingerprint density at radius 2 is 1.06 bits per heavy atom. The van der Waals surface area contributed by atoms with E-state index in [0.717, 1.165) is 4.47 Å². The SMILES string of the molecule is Brc1cccc2ccccc12.c1ccccc1. The molecule has 0 atom stereocenters. The average molecular weight is 285 g/mol. The van der Waals surface area contributed by atoms with Crippen LogP contribution in [0.25, 0.3) is 10.8 Å². The van der Waals surface area contributed by atoms with Crippen molar-refractivity contribution >= 4 is 26.7 Å². The van der Waals surface area contributed by atoms with Gasteiger partial charge in [-0.15, -0.1) is 0 Å². The minimum absolute atomic E-state index is 1.16. The predicted molar refractivity (Wildman–Crippen MR) is 78.1 cm³/mol. The average Bonchev–Trinajstić information content (AvgIpc) is 2.42. The molecule has 0 radical (unpaired) electrons. The van der Waals surface area contributed by atoms with Crippen LogP contribution in [0.4, 0.5) is 0 Å². The monoisotopic (exact) mass is 284 g/mol. The molecular formula is C16H13Br. The van der Waals surface area contributed by atoms with Crippen LogP contribution in [-0.4, -0.2) is 0 Å². The maximum absolute atomic E-state index is 3.50. The van der Waals surface area contributed by atoms with Crippen molar-refractivity contribution in [2.24, 2.45) is 0 Å². The largest absolute Gasteiger partial charge is 0.0623 e.